The number of aliphatic hydroxyl groups excluding tert-OH is 1. The van der Waals surface area contributed by atoms with Gasteiger partial charge < -0.3 is 10.0 Å². The summed E-state index contributed by atoms with van der Waals surface area (Å²) in [6, 6.07) is 0. The van der Waals surface area contributed by atoms with Gasteiger partial charge in [0.15, 0.2) is 0 Å². The van der Waals surface area contributed by atoms with E-state index < -0.39 is 0 Å². The summed E-state index contributed by atoms with van der Waals surface area (Å²) < 4.78 is 0.901. The van der Waals surface area contributed by atoms with Crippen LogP contribution >= 0.6 is 15.9 Å². The van der Waals surface area contributed by atoms with Crippen LogP contribution in [0.3, 0.4) is 0 Å². The fourth-order valence-electron chi connectivity index (χ4n) is 3.04. The second kappa shape index (κ2) is 4.53. The number of rotatable bonds is 1. The molecule has 2 atom stereocenters. The summed E-state index contributed by atoms with van der Waals surface area (Å²) >= 11 is 3.34. The smallest absolute Gasteiger partial charge is 0.225 e. The Morgan fingerprint density at radius 3 is 2.35 bits per heavy atom. The zero-order chi connectivity index (χ0) is 11.8. The molecular formula is C12H16BrN3O. The number of hydrogen-bond donors (Lipinski definition) is 1. The Bertz CT molecular complexity index is 383. The summed E-state index contributed by atoms with van der Waals surface area (Å²) in [4.78, 5) is 10.9. The molecule has 17 heavy (non-hydrogen) atoms. The van der Waals surface area contributed by atoms with Crippen molar-refractivity contribution in [2.75, 3.05) is 18.0 Å². The number of hydrogen-bond acceptors (Lipinski definition) is 4. The second-order valence-corrected chi connectivity index (χ2v) is 5.96. The minimum atomic E-state index is -0.115. The SMILES string of the molecule is OC1[C@H]2CCC[C@H]1CN(c1ncc(Br)cn1)C2. The predicted molar refractivity (Wildman–Crippen MR) is 68.8 cm³/mol. The first-order chi connectivity index (χ1) is 8.24. The van der Waals surface area contributed by atoms with E-state index in [1.165, 1.54) is 6.42 Å². The van der Waals surface area contributed by atoms with Crippen LogP contribution in [0.15, 0.2) is 16.9 Å². The van der Waals surface area contributed by atoms with Crippen molar-refractivity contribution in [3.63, 3.8) is 0 Å². The Hall–Kier alpha value is -0.680. The van der Waals surface area contributed by atoms with E-state index >= 15 is 0 Å². The molecule has 2 heterocycles. The van der Waals surface area contributed by atoms with Gasteiger partial charge in [0.1, 0.15) is 0 Å². The molecule has 1 saturated carbocycles. The van der Waals surface area contributed by atoms with Gasteiger partial charge in [0.05, 0.1) is 10.6 Å². The van der Waals surface area contributed by atoms with E-state index in [-0.39, 0.29) is 6.10 Å². The molecule has 3 rings (SSSR count). The van der Waals surface area contributed by atoms with Crippen LogP contribution in [0.25, 0.3) is 0 Å². The summed E-state index contributed by atoms with van der Waals surface area (Å²) in [6.07, 6.45) is 6.96. The van der Waals surface area contributed by atoms with Crippen molar-refractivity contribution in [2.45, 2.75) is 25.4 Å². The number of piperidine rings is 1. The lowest BCUT2D eigenvalue weighted by Gasteiger charge is -2.44. The molecule has 2 fully saturated rings. The minimum Gasteiger partial charge on any atom is -0.392 e. The molecule has 0 radical (unpaired) electrons. The third-order valence-electron chi connectivity index (χ3n) is 3.92. The summed E-state index contributed by atoms with van der Waals surface area (Å²) in [5, 5.41) is 10.1. The molecule has 4 nitrogen and oxygen atoms in total. The molecule has 5 heteroatoms. The van der Waals surface area contributed by atoms with Crippen LogP contribution in [-0.2, 0) is 0 Å². The molecule has 1 N–H and O–H groups in total. The van der Waals surface area contributed by atoms with Crippen LogP contribution in [0.1, 0.15) is 19.3 Å². The number of halogens is 1. The highest BCUT2D eigenvalue weighted by Gasteiger charge is 2.38. The fourth-order valence-corrected chi connectivity index (χ4v) is 3.24. The molecule has 2 bridgehead atoms. The predicted octanol–water partition coefficient (Wildman–Crippen LogP) is 1.84. The molecule has 0 spiro atoms. The molecular weight excluding hydrogens is 282 g/mol. The van der Waals surface area contributed by atoms with Gasteiger partial charge in [-0.2, -0.15) is 0 Å². The fraction of sp³-hybridized carbons (Fsp3) is 0.667. The molecule has 1 aromatic rings. The van der Waals surface area contributed by atoms with Crippen molar-refractivity contribution in [3.8, 4) is 0 Å². The van der Waals surface area contributed by atoms with Gasteiger partial charge in [-0.15, -0.1) is 0 Å². The van der Waals surface area contributed by atoms with Gasteiger partial charge in [-0.1, -0.05) is 6.42 Å². The van der Waals surface area contributed by atoms with Gasteiger partial charge in [0.2, 0.25) is 5.95 Å². The highest BCUT2D eigenvalue weighted by Crippen LogP contribution is 2.35. The second-order valence-electron chi connectivity index (χ2n) is 5.05. The molecule has 0 unspecified atom stereocenters. The third kappa shape index (κ3) is 2.18. The topological polar surface area (TPSA) is 49.2 Å². The minimum absolute atomic E-state index is 0.115. The molecule has 0 amide bonds. The highest BCUT2D eigenvalue weighted by molar-refractivity contribution is 9.10. The number of aromatic nitrogens is 2. The molecule has 1 aliphatic heterocycles. The first-order valence-electron chi connectivity index (χ1n) is 6.14. The lowest BCUT2D eigenvalue weighted by atomic mass is 9.75. The van der Waals surface area contributed by atoms with E-state index in [9.17, 15) is 5.11 Å². The van der Waals surface area contributed by atoms with E-state index in [1.54, 1.807) is 12.4 Å². The standard InChI is InChI=1S/C12H16BrN3O/c13-10-4-14-12(15-5-10)16-6-8-2-1-3-9(7-16)11(8)17/h4-5,8-9,11,17H,1-3,6-7H2/t8-,9-/m0/s1. The lowest BCUT2D eigenvalue weighted by Crippen LogP contribution is -2.52. The summed E-state index contributed by atoms with van der Waals surface area (Å²) in [5.74, 6) is 1.58. The monoisotopic (exact) mass is 297 g/mol. The molecule has 0 aromatic carbocycles. The average molecular weight is 298 g/mol. The molecule has 1 saturated heterocycles. The van der Waals surface area contributed by atoms with E-state index in [0.717, 1.165) is 36.4 Å². The van der Waals surface area contributed by atoms with Crippen LogP contribution in [0.5, 0.6) is 0 Å². The van der Waals surface area contributed by atoms with Gasteiger partial charge in [0.25, 0.3) is 0 Å². The Kier molecular flexibility index (Phi) is 3.04. The highest BCUT2D eigenvalue weighted by atomic mass is 79.9. The first kappa shape index (κ1) is 11.4. The number of fused-ring (bicyclic) bond motifs is 2. The van der Waals surface area contributed by atoms with E-state index in [4.69, 9.17) is 0 Å². The normalized spacial score (nSPS) is 32.6. The zero-order valence-electron chi connectivity index (χ0n) is 9.59. The van der Waals surface area contributed by atoms with Crippen molar-refractivity contribution >= 4 is 21.9 Å². The van der Waals surface area contributed by atoms with Gasteiger partial charge >= 0.3 is 0 Å². The molecule has 2 aliphatic rings. The molecule has 1 aliphatic carbocycles. The van der Waals surface area contributed by atoms with Gasteiger partial charge in [-0.25, -0.2) is 9.97 Å². The van der Waals surface area contributed by atoms with E-state index in [1.807, 2.05) is 0 Å². The average Bonchev–Trinajstić information content (AvgIpc) is 2.30. The maximum atomic E-state index is 10.1. The van der Waals surface area contributed by atoms with Gasteiger partial charge in [-0.05, 0) is 28.8 Å². The molecule has 92 valence electrons. The van der Waals surface area contributed by atoms with Crippen LogP contribution in [0, 0.1) is 11.8 Å². The number of anilines is 1. The van der Waals surface area contributed by atoms with Crippen molar-refractivity contribution < 1.29 is 5.11 Å². The Morgan fingerprint density at radius 1 is 1.18 bits per heavy atom. The lowest BCUT2D eigenvalue weighted by molar-refractivity contribution is 0.00559. The van der Waals surface area contributed by atoms with Crippen molar-refractivity contribution in [1.29, 1.82) is 0 Å². The van der Waals surface area contributed by atoms with Crippen LogP contribution in [-0.4, -0.2) is 34.3 Å². The molecule has 1 aromatic heterocycles. The largest absolute Gasteiger partial charge is 0.392 e. The number of nitrogens with zero attached hydrogens (tertiary/aromatic N) is 3. The van der Waals surface area contributed by atoms with Crippen molar-refractivity contribution in [2.24, 2.45) is 11.8 Å². The van der Waals surface area contributed by atoms with E-state index in [2.05, 4.69) is 30.8 Å². The van der Waals surface area contributed by atoms with Crippen molar-refractivity contribution in [3.05, 3.63) is 16.9 Å². The summed E-state index contributed by atoms with van der Waals surface area (Å²) in [7, 11) is 0. The van der Waals surface area contributed by atoms with Crippen LogP contribution in [0.4, 0.5) is 5.95 Å². The maximum Gasteiger partial charge on any atom is 0.225 e. The maximum absolute atomic E-state index is 10.1. The van der Waals surface area contributed by atoms with Crippen LogP contribution in [0.2, 0.25) is 0 Å². The van der Waals surface area contributed by atoms with Gasteiger partial charge in [-0.3, -0.25) is 0 Å². The summed E-state index contributed by atoms with van der Waals surface area (Å²) in [5.41, 5.74) is 0. The quantitative estimate of drug-likeness (QED) is 0.859. The Labute approximate surface area is 109 Å². The third-order valence-corrected chi connectivity index (χ3v) is 4.32. The zero-order valence-corrected chi connectivity index (χ0v) is 11.2. The number of aliphatic hydroxyl groups is 1. The van der Waals surface area contributed by atoms with E-state index in [0.29, 0.717) is 11.8 Å². The van der Waals surface area contributed by atoms with Gasteiger partial charge in [0, 0.05) is 37.3 Å². The van der Waals surface area contributed by atoms with Crippen molar-refractivity contribution in [1.82, 2.24) is 9.97 Å². The summed E-state index contributed by atoms with van der Waals surface area (Å²) in [6.45, 7) is 1.78. The first-order valence-corrected chi connectivity index (χ1v) is 6.94. The Morgan fingerprint density at radius 2 is 1.76 bits per heavy atom. The van der Waals surface area contributed by atoms with Crippen LogP contribution < -0.4 is 4.90 Å². The Balaban J connectivity index is 1.79.